The summed E-state index contributed by atoms with van der Waals surface area (Å²) in [4.78, 5) is 14.1. The largest absolute Gasteiger partial charge is 0.310 e. The molecular weight excluding hydrogens is 283 g/mol. The lowest BCUT2D eigenvalue weighted by Gasteiger charge is -2.22. The van der Waals surface area contributed by atoms with E-state index in [9.17, 15) is 0 Å². The Morgan fingerprint density at radius 1 is 1.00 bits per heavy atom. The van der Waals surface area contributed by atoms with Crippen LogP contribution in [0.5, 0.6) is 0 Å². The molecule has 2 rings (SSSR count). The van der Waals surface area contributed by atoms with Crippen molar-refractivity contribution in [3.8, 4) is 0 Å². The molecule has 1 heterocycles. The van der Waals surface area contributed by atoms with Crippen LogP contribution in [0.2, 0.25) is 10.6 Å². The molecule has 4 nitrogen and oxygen atoms in total. The lowest BCUT2D eigenvalue weighted by Crippen LogP contribution is -2.21. The molecule has 0 atom stereocenters. The molecule has 0 N–H and O–H groups in total. The van der Waals surface area contributed by atoms with E-state index in [2.05, 4.69) is 21.9 Å². The molecule has 0 unspecified atom stereocenters. The van der Waals surface area contributed by atoms with Crippen molar-refractivity contribution in [2.75, 3.05) is 11.4 Å². The molecule has 0 radical (unpaired) electrons. The highest BCUT2D eigenvalue weighted by Gasteiger charge is 2.13. The highest BCUT2D eigenvalue weighted by Crippen LogP contribution is 2.24. The minimum Gasteiger partial charge on any atom is -0.310 e. The quantitative estimate of drug-likeness (QED) is 0.832. The van der Waals surface area contributed by atoms with Gasteiger partial charge < -0.3 is 4.90 Å². The third-order valence-electron chi connectivity index (χ3n) is 2.61. The lowest BCUT2D eigenvalue weighted by atomic mass is 10.2. The van der Waals surface area contributed by atoms with Gasteiger partial charge in [-0.1, -0.05) is 31.5 Å². The van der Waals surface area contributed by atoms with Crippen LogP contribution in [-0.4, -0.2) is 21.5 Å². The predicted octanol–water partition coefficient (Wildman–Crippen LogP) is 4.12. The maximum absolute atomic E-state index is 5.84. The Morgan fingerprint density at radius 2 is 1.63 bits per heavy atom. The van der Waals surface area contributed by atoms with Gasteiger partial charge in [0.1, 0.15) is 0 Å². The van der Waals surface area contributed by atoms with Crippen molar-refractivity contribution in [3.05, 3.63) is 40.9 Å². The van der Waals surface area contributed by atoms with Gasteiger partial charge in [0.2, 0.25) is 16.5 Å². The zero-order valence-corrected chi connectivity index (χ0v) is 12.1. The Kier molecular flexibility index (Phi) is 4.93. The number of para-hydroxylation sites is 1. The first-order valence-corrected chi connectivity index (χ1v) is 6.86. The minimum absolute atomic E-state index is 0.104. The molecule has 0 aliphatic rings. The second-order valence-electron chi connectivity index (χ2n) is 4.01. The molecule has 0 saturated heterocycles. The SMILES string of the molecule is CCCCN(c1ccccc1)c1nc(Cl)nc(Cl)n1. The summed E-state index contributed by atoms with van der Waals surface area (Å²) in [5, 5.41) is 0.208. The van der Waals surface area contributed by atoms with Crippen LogP contribution >= 0.6 is 23.2 Å². The standard InChI is InChI=1S/C13H14Cl2N4/c1-2-3-9-19(10-7-5-4-6-8-10)13-17-11(14)16-12(15)18-13/h4-8H,2-3,9H2,1H3. The second kappa shape index (κ2) is 6.68. The van der Waals surface area contributed by atoms with Crippen molar-refractivity contribution in [1.82, 2.24) is 15.0 Å². The number of rotatable bonds is 5. The highest BCUT2D eigenvalue weighted by molar-refractivity contribution is 6.31. The maximum Gasteiger partial charge on any atom is 0.235 e. The van der Waals surface area contributed by atoms with Gasteiger partial charge >= 0.3 is 0 Å². The smallest absolute Gasteiger partial charge is 0.235 e. The van der Waals surface area contributed by atoms with Crippen molar-refractivity contribution >= 4 is 34.8 Å². The lowest BCUT2D eigenvalue weighted by molar-refractivity contribution is 0.768. The van der Waals surface area contributed by atoms with Gasteiger partial charge in [-0.05, 0) is 41.8 Å². The number of benzene rings is 1. The average molecular weight is 297 g/mol. The molecule has 0 amide bonds. The van der Waals surface area contributed by atoms with E-state index in [1.807, 2.05) is 35.2 Å². The number of hydrogen-bond donors (Lipinski definition) is 0. The zero-order valence-electron chi connectivity index (χ0n) is 10.6. The summed E-state index contributed by atoms with van der Waals surface area (Å²) in [6.45, 7) is 2.94. The molecule has 0 fully saturated rings. The van der Waals surface area contributed by atoms with Crippen LogP contribution in [0.25, 0.3) is 0 Å². The van der Waals surface area contributed by atoms with Crippen LogP contribution in [0.1, 0.15) is 19.8 Å². The first-order chi connectivity index (χ1) is 9.20. The summed E-state index contributed by atoms with van der Waals surface area (Å²) < 4.78 is 0. The zero-order chi connectivity index (χ0) is 13.7. The first-order valence-electron chi connectivity index (χ1n) is 6.10. The summed E-state index contributed by atoms with van der Waals surface area (Å²) in [5.74, 6) is 0.477. The second-order valence-corrected chi connectivity index (χ2v) is 4.69. The number of halogens is 2. The Balaban J connectivity index is 2.36. The molecule has 0 saturated carbocycles. The molecule has 1 aromatic heterocycles. The molecule has 6 heteroatoms. The van der Waals surface area contributed by atoms with Crippen molar-refractivity contribution in [1.29, 1.82) is 0 Å². The van der Waals surface area contributed by atoms with Crippen LogP contribution < -0.4 is 4.90 Å². The van der Waals surface area contributed by atoms with Gasteiger partial charge in [0.25, 0.3) is 0 Å². The van der Waals surface area contributed by atoms with Gasteiger partial charge in [0.15, 0.2) is 0 Å². The molecule has 1 aromatic carbocycles. The van der Waals surface area contributed by atoms with Gasteiger partial charge in [0.05, 0.1) is 0 Å². The number of nitrogens with zero attached hydrogens (tertiary/aromatic N) is 4. The van der Waals surface area contributed by atoms with Crippen LogP contribution in [0, 0.1) is 0 Å². The van der Waals surface area contributed by atoms with E-state index in [0.29, 0.717) is 5.95 Å². The van der Waals surface area contributed by atoms with Crippen molar-refractivity contribution < 1.29 is 0 Å². The van der Waals surface area contributed by atoms with Crippen LogP contribution in [-0.2, 0) is 0 Å². The number of hydrogen-bond acceptors (Lipinski definition) is 4. The third kappa shape index (κ3) is 3.78. The summed E-state index contributed by atoms with van der Waals surface area (Å²) in [6.07, 6.45) is 2.10. The number of aromatic nitrogens is 3. The molecule has 0 aliphatic carbocycles. The third-order valence-corrected chi connectivity index (χ3v) is 2.95. The van der Waals surface area contributed by atoms with Crippen molar-refractivity contribution in [2.45, 2.75) is 19.8 Å². The van der Waals surface area contributed by atoms with Crippen molar-refractivity contribution in [3.63, 3.8) is 0 Å². The van der Waals surface area contributed by atoms with Crippen LogP contribution in [0.4, 0.5) is 11.6 Å². The molecule has 0 bridgehead atoms. The molecule has 0 aliphatic heterocycles. The Morgan fingerprint density at radius 3 is 2.21 bits per heavy atom. The van der Waals surface area contributed by atoms with E-state index < -0.39 is 0 Å². The number of unbranched alkanes of at least 4 members (excludes halogenated alkanes) is 1. The Labute approximate surface area is 122 Å². The van der Waals surface area contributed by atoms with Crippen LogP contribution in [0.15, 0.2) is 30.3 Å². The molecular formula is C13H14Cl2N4. The first kappa shape index (κ1) is 14.0. The fourth-order valence-corrected chi connectivity index (χ4v) is 2.06. The fraction of sp³-hybridized carbons (Fsp3) is 0.308. The van der Waals surface area contributed by atoms with E-state index in [1.165, 1.54) is 0 Å². The number of anilines is 2. The van der Waals surface area contributed by atoms with E-state index in [4.69, 9.17) is 23.2 Å². The predicted molar refractivity (Wildman–Crippen MR) is 78.2 cm³/mol. The summed E-state index contributed by atoms with van der Waals surface area (Å²) >= 11 is 11.7. The molecule has 0 spiro atoms. The topological polar surface area (TPSA) is 41.9 Å². The normalized spacial score (nSPS) is 10.5. The summed E-state index contributed by atoms with van der Waals surface area (Å²) in [7, 11) is 0. The van der Waals surface area contributed by atoms with E-state index in [1.54, 1.807) is 0 Å². The van der Waals surface area contributed by atoms with Gasteiger partial charge in [0, 0.05) is 12.2 Å². The van der Waals surface area contributed by atoms with Gasteiger partial charge in [-0.15, -0.1) is 0 Å². The van der Waals surface area contributed by atoms with E-state index in [0.717, 1.165) is 25.1 Å². The monoisotopic (exact) mass is 296 g/mol. The fourth-order valence-electron chi connectivity index (χ4n) is 1.71. The van der Waals surface area contributed by atoms with Crippen molar-refractivity contribution in [2.24, 2.45) is 0 Å². The average Bonchev–Trinajstić information content (AvgIpc) is 2.39. The van der Waals surface area contributed by atoms with E-state index >= 15 is 0 Å². The summed E-state index contributed by atoms with van der Waals surface area (Å²) in [5.41, 5.74) is 1.01. The molecule has 100 valence electrons. The Hall–Kier alpha value is -1.39. The minimum atomic E-state index is 0.104. The van der Waals surface area contributed by atoms with Gasteiger partial charge in [-0.2, -0.15) is 15.0 Å². The molecule has 2 aromatic rings. The molecule has 19 heavy (non-hydrogen) atoms. The van der Waals surface area contributed by atoms with Gasteiger partial charge in [-0.25, -0.2) is 0 Å². The highest BCUT2D eigenvalue weighted by atomic mass is 35.5. The maximum atomic E-state index is 5.84. The summed E-state index contributed by atoms with van der Waals surface area (Å²) in [6, 6.07) is 9.91. The Bertz CT molecular complexity index is 513. The van der Waals surface area contributed by atoms with Crippen LogP contribution in [0.3, 0.4) is 0 Å². The van der Waals surface area contributed by atoms with E-state index in [-0.39, 0.29) is 10.6 Å². The van der Waals surface area contributed by atoms with Gasteiger partial charge in [-0.3, -0.25) is 0 Å².